The van der Waals surface area contributed by atoms with Gasteiger partial charge in [0.2, 0.25) is 0 Å². The summed E-state index contributed by atoms with van der Waals surface area (Å²) < 4.78 is 1.20. The lowest BCUT2D eigenvalue weighted by Crippen LogP contribution is -2.07. The molecule has 1 heterocycles. The Kier molecular flexibility index (Phi) is 3.91. The highest BCUT2D eigenvalue weighted by molar-refractivity contribution is 9.10. The quantitative estimate of drug-likeness (QED) is 0.837. The molecule has 2 unspecified atom stereocenters. The fourth-order valence-corrected chi connectivity index (χ4v) is 3.06. The number of hydrogen-bond acceptors (Lipinski definition) is 1. The van der Waals surface area contributed by atoms with E-state index in [0.717, 1.165) is 12.5 Å². The summed E-state index contributed by atoms with van der Waals surface area (Å²) in [5.74, 6) is 1.54. The molecule has 0 spiro atoms. The molecule has 1 N–H and O–H groups in total. The number of fused-ring (bicyclic) bond motifs is 1. The molecule has 1 aliphatic rings. The second-order valence-electron chi connectivity index (χ2n) is 4.94. The molecule has 1 aromatic rings. The van der Waals surface area contributed by atoms with Gasteiger partial charge >= 0.3 is 0 Å². The van der Waals surface area contributed by atoms with Crippen LogP contribution in [0.15, 0.2) is 22.7 Å². The van der Waals surface area contributed by atoms with Crippen LogP contribution < -0.4 is 5.32 Å². The van der Waals surface area contributed by atoms with Crippen LogP contribution in [0.4, 0.5) is 5.69 Å². The van der Waals surface area contributed by atoms with Gasteiger partial charge in [0, 0.05) is 22.6 Å². The fourth-order valence-electron chi connectivity index (χ4n) is 2.68. The maximum atomic E-state index is 3.56. The summed E-state index contributed by atoms with van der Waals surface area (Å²) in [7, 11) is 0. The molecule has 88 valence electrons. The zero-order chi connectivity index (χ0) is 11.5. The molecule has 16 heavy (non-hydrogen) atoms. The third-order valence-corrected chi connectivity index (χ3v) is 3.95. The largest absolute Gasteiger partial charge is 0.384 e. The van der Waals surface area contributed by atoms with Gasteiger partial charge in [-0.05, 0) is 36.1 Å². The molecule has 2 heteroatoms. The lowest BCUT2D eigenvalue weighted by molar-refractivity contribution is 0.448. The molecule has 0 radical (unpaired) electrons. The van der Waals surface area contributed by atoms with Crippen LogP contribution in [-0.2, 0) is 0 Å². The minimum Gasteiger partial charge on any atom is -0.384 e. The molecule has 0 amide bonds. The van der Waals surface area contributed by atoms with Gasteiger partial charge in [0.05, 0.1) is 0 Å². The Morgan fingerprint density at radius 3 is 3.06 bits per heavy atom. The SMILES string of the molecule is CCCC(C)CC1CNc2ccc(Br)cc21. The van der Waals surface area contributed by atoms with Crippen LogP contribution in [0.5, 0.6) is 0 Å². The summed E-state index contributed by atoms with van der Waals surface area (Å²) in [5, 5.41) is 3.50. The third kappa shape index (κ3) is 2.60. The summed E-state index contributed by atoms with van der Waals surface area (Å²) in [5.41, 5.74) is 2.83. The van der Waals surface area contributed by atoms with E-state index in [1.165, 1.54) is 35.0 Å². The van der Waals surface area contributed by atoms with Crippen LogP contribution in [-0.4, -0.2) is 6.54 Å². The van der Waals surface area contributed by atoms with Crippen molar-refractivity contribution in [1.29, 1.82) is 0 Å². The number of nitrogens with one attached hydrogen (secondary N) is 1. The van der Waals surface area contributed by atoms with E-state index in [9.17, 15) is 0 Å². The molecule has 2 rings (SSSR count). The second kappa shape index (κ2) is 5.22. The van der Waals surface area contributed by atoms with Gasteiger partial charge in [0.25, 0.3) is 0 Å². The number of anilines is 1. The third-order valence-electron chi connectivity index (χ3n) is 3.46. The van der Waals surface area contributed by atoms with Crippen molar-refractivity contribution in [3.05, 3.63) is 28.2 Å². The normalized spacial score (nSPS) is 20.3. The summed E-state index contributed by atoms with van der Waals surface area (Å²) in [6.45, 7) is 5.76. The predicted molar refractivity (Wildman–Crippen MR) is 74.1 cm³/mol. The fraction of sp³-hybridized carbons (Fsp3) is 0.571. The molecule has 0 aliphatic carbocycles. The number of rotatable bonds is 4. The van der Waals surface area contributed by atoms with Gasteiger partial charge in [-0.25, -0.2) is 0 Å². The number of halogens is 1. The van der Waals surface area contributed by atoms with Gasteiger partial charge in [-0.2, -0.15) is 0 Å². The van der Waals surface area contributed by atoms with Gasteiger partial charge in [0.15, 0.2) is 0 Å². The van der Waals surface area contributed by atoms with Crippen molar-refractivity contribution in [1.82, 2.24) is 0 Å². The lowest BCUT2D eigenvalue weighted by Gasteiger charge is -2.16. The van der Waals surface area contributed by atoms with Crippen molar-refractivity contribution in [2.75, 3.05) is 11.9 Å². The topological polar surface area (TPSA) is 12.0 Å². The maximum absolute atomic E-state index is 3.56. The first-order chi connectivity index (χ1) is 7.70. The Labute approximate surface area is 107 Å². The predicted octanol–water partition coefficient (Wildman–Crippen LogP) is 4.78. The van der Waals surface area contributed by atoms with Gasteiger partial charge < -0.3 is 5.32 Å². The molecular formula is C14H20BrN. The van der Waals surface area contributed by atoms with Crippen LogP contribution in [0, 0.1) is 5.92 Å². The summed E-state index contributed by atoms with van der Waals surface area (Å²) in [4.78, 5) is 0. The highest BCUT2D eigenvalue weighted by Gasteiger charge is 2.23. The Morgan fingerprint density at radius 2 is 2.31 bits per heavy atom. The molecule has 0 saturated heterocycles. The Bertz CT molecular complexity index is 362. The first-order valence-electron chi connectivity index (χ1n) is 6.24. The molecule has 1 aromatic carbocycles. The van der Waals surface area contributed by atoms with Crippen LogP contribution in [0.2, 0.25) is 0 Å². The van der Waals surface area contributed by atoms with E-state index in [2.05, 4.69) is 53.3 Å². The Hall–Kier alpha value is -0.500. The van der Waals surface area contributed by atoms with Crippen LogP contribution in [0.1, 0.15) is 44.6 Å². The van der Waals surface area contributed by atoms with E-state index in [4.69, 9.17) is 0 Å². The molecular weight excluding hydrogens is 262 g/mol. The minimum atomic E-state index is 0.703. The monoisotopic (exact) mass is 281 g/mol. The molecule has 0 bridgehead atoms. The molecule has 1 nitrogen and oxygen atoms in total. The average Bonchev–Trinajstić information content (AvgIpc) is 2.61. The van der Waals surface area contributed by atoms with Crippen molar-refractivity contribution in [3.8, 4) is 0 Å². The summed E-state index contributed by atoms with van der Waals surface area (Å²) in [6.07, 6.45) is 3.96. The highest BCUT2D eigenvalue weighted by atomic mass is 79.9. The van der Waals surface area contributed by atoms with E-state index in [0.29, 0.717) is 5.92 Å². The molecule has 1 aliphatic heterocycles. The Balaban J connectivity index is 2.08. The summed E-state index contributed by atoms with van der Waals surface area (Å²) >= 11 is 3.56. The van der Waals surface area contributed by atoms with Gasteiger partial charge in [-0.3, -0.25) is 0 Å². The second-order valence-corrected chi connectivity index (χ2v) is 5.85. The van der Waals surface area contributed by atoms with Crippen LogP contribution >= 0.6 is 15.9 Å². The van der Waals surface area contributed by atoms with E-state index < -0.39 is 0 Å². The van der Waals surface area contributed by atoms with Gasteiger partial charge in [0.1, 0.15) is 0 Å². The minimum absolute atomic E-state index is 0.703. The molecule has 0 saturated carbocycles. The van der Waals surface area contributed by atoms with E-state index in [1.54, 1.807) is 0 Å². The molecule has 0 fully saturated rings. The number of benzene rings is 1. The lowest BCUT2D eigenvalue weighted by atomic mass is 9.89. The zero-order valence-corrected chi connectivity index (χ0v) is 11.7. The maximum Gasteiger partial charge on any atom is 0.0377 e. The smallest absolute Gasteiger partial charge is 0.0377 e. The first kappa shape index (κ1) is 12.0. The number of hydrogen-bond donors (Lipinski definition) is 1. The first-order valence-corrected chi connectivity index (χ1v) is 7.03. The van der Waals surface area contributed by atoms with Crippen molar-refractivity contribution in [2.24, 2.45) is 5.92 Å². The highest BCUT2D eigenvalue weighted by Crippen LogP contribution is 2.37. The molecule has 0 aromatic heterocycles. The van der Waals surface area contributed by atoms with Crippen molar-refractivity contribution in [2.45, 2.75) is 39.0 Å². The standard InChI is InChI=1S/C14H20BrN/c1-3-4-10(2)7-11-9-16-14-6-5-12(15)8-13(11)14/h5-6,8,10-11,16H,3-4,7,9H2,1-2H3. The van der Waals surface area contributed by atoms with Crippen molar-refractivity contribution < 1.29 is 0 Å². The van der Waals surface area contributed by atoms with Crippen molar-refractivity contribution in [3.63, 3.8) is 0 Å². The van der Waals surface area contributed by atoms with Crippen LogP contribution in [0.3, 0.4) is 0 Å². The summed E-state index contributed by atoms with van der Waals surface area (Å²) in [6, 6.07) is 6.58. The van der Waals surface area contributed by atoms with Crippen LogP contribution in [0.25, 0.3) is 0 Å². The van der Waals surface area contributed by atoms with Gasteiger partial charge in [-0.15, -0.1) is 0 Å². The van der Waals surface area contributed by atoms with E-state index in [1.807, 2.05) is 0 Å². The average molecular weight is 282 g/mol. The zero-order valence-electron chi connectivity index (χ0n) is 10.1. The van der Waals surface area contributed by atoms with Gasteiger partial charge in [-0.1, -0.05) is 42.6 Å². The Morgan fingerprint density at radius 1 is 1.50 bits per heavy atom. The van der Waals surface area contributed by atoms with E-state index >= 15 is 0 Å². The van der Waals surface area contributed by atoms with E-state index in [-0.39, 0.29) is 0 Å². The van der Waals surface area contributed by atoms with Crippen molar-refractivity contribution >= 4 is 21.6 Å². The molecule has 2 atom stereocenters.